The Hall–Kier alpha value is -1.15. The topological polar surface area (TPSA) is 110 Å². The van der Waals surface area contributed by atoms with E-state index >= 15 is 0 Å². The highest BCUT2D eigenvalue weighted by Gasteiger charge is 2.25. The summed E-state index contributed by atoms with van der Waals surface area (Å²) in [7, 11) is -1.66. The van der Waals surface area contributed by atoms with E-state index in [1.54, 1.807) is 0 Å². The summed E-state index contributed by atoms with van der Waals surface area (Å²) in [6, 6.07) is -0.650. The third-order valence-corrected chi connectivity index (χ3v) is 3.79. The van der Waals surface area contributed by atoms with E-state index in [-0.39, 0.29) is 30.7 Å². The molecule has 8 heteroatoms. The van der Waals surface area contributed by atoms with Gasteiger partial charge in [-0.05, 0) is 19.3 Å². The highest BCUT2D eigenvalue weighted by molar-refractivity contribution is 7.90. The second kappa shape index (κ2) is 6.33. The maximum Gasteiger partial charge on any atom is 0.239 e. The fourth-order valence-corrected chi connectivity index (χ4v) is 2.22. The molecule has 2 amide bonds. The molecule has 1 atom stereocenters. The van der Waals surface area contributed by atoms with Crippen LogP contribution in [0.25, 0.3) is 0 Å². The molecule has 0 heterocycles. The fourth-order valence-electron chi connectivity index (χ4n) is 1.54. The van der Waals surface area contributed by atoms with Crippen LogP contribution in [-0.4, -0.2) is 62.8 Å². The summed E-state index contributed by atoms with van der Waals surface area (Å²) in [5.74, 6) is -0.773. The van der Waals surface area contributed by atoms with Crippen molar-refractivity contribution < 1.29 is 18.0 Å². The van der Waals surface area contributed by atoms with Crippen molar-refractivity contribution in [2.75, 3.05) is 25.6 Å². The van der Waals surface area contributed by atoms with Gasteiger partial charge >= 0.3 is 0 Å². The molecule has 1 aliphatic rings. The Morgan fingerprint density at radius 3 is 2.47 bits per heavy atom. The lowest BCUT2D eigenvalue weighted by atomic mass is 10.2. The zero-order valence-electron chi connectivity index (χ0n) is 11.3. The minimum atomic E-state index is -3.14. The third kappa shape index (κ3) is 6.53. The van der Waals surface area contributed by atoms with Crippen molar-refractivity contribution in [1.29, 1.82) is 0 Å². The van der Waals surface area contributed by atoms with Gasteiger partial charge in [-0.25, -0.2) is 8.42 Å². The SMILES string of the molecule is CN(CC(=O)NC1CC1)C(=O)C(N)CCS(C)(=O)=O. The fraction of sp³-hybridized carbons (Fsp3) is 0.818. The summed E-state index contributed by atoms with van der Waals surface area (Å²) in [6.07, 6.45) is 3.12. The molecule has 1 rings (SSSR count). The number of rotatable bonds is 7. The van der Waals surface area contributed by atoms with E-state index in [1.165, 1.54) is 11.9 Å². The Bertz CT molecular complexity index is 445. The molecule has 0 saturated heterocycles. The van der Waals surface area contributed by atoms with E-state index in [4.69, 9.17) is 5.73 Å². The van der Waals surface area contributed by atoms with Crippen LogP contribution in [0.4, 0.5) is 0 Å². The number of carbonyl (C=O) groups excluding carboxylic acids is 2. The Balaban J connectivity index is 2.35. The van der Waals surface area contributed by atoms with E-state index < -0.39 is 21.8 Å². The number of nitrogens with two attached hydrogens (primary N) is 1. The molecule has 0 spiro atoms. The predicted molar refractivity (Wildman–Crippen MR) is 71.1 cm³/mol. The maximum atomic E-state index is 11.8. The van der Waals surface area contributed by atoms with Crippen LogP contribution < -0.4 is 11.1 Å². The van der Waals surface area contributed by atoms with E-state index in [0.29, 0.717) is 0 Å². The van der Waals surface area contributed by atoms with Crippen molar-refractivity contribution in [2.45, 2.75) is 31.3 Å². The molecule has 0 aliphatic heterocycles. The van der Waals surface area contributed by atoms with Gasteiger partial charge in [0.15, 0.2) is 0 Å². The maximum absolute atomic E-state index is 11.8. The molecular formula is C11H21N3O4S. The van der Waals surface area contributed by atoms with Crippen molar-refractivity contribution in [2.24, 2.45) is 5.73 Å². The summed E-state index contributed by atoms with van der Waals surface area (Å²) in [5.41, 5.74) is 5.63. The Labute approximate surface area is 113 Å². The molecule has 110 valence electrons. The molecule has 7 nitrogen and oxygen atoms in total. The van der Waals surface area contributed by atoms with Crippen molar-refractivity contribution in [3.63, 3.8) is 0 Å². The summed E-state index contributed by atoms with van der Waals surface area (Å²) < 4.78 is 22.0. The highest BCUT2D eigenvalue weighted by Crippen LogP contribution is 2.18. The molecule has 3 N–H and O–H groups in total. The quantitative estimate of drug-likeness (QED) is 0.592. The molecular weight excluding hydrogens is 270 g/mol. The van der Waals surface area contributed by atoms with E-state index in [9.17, 15) is 18.0 Å². The molecule has 0 radical (unpaired) electrons. The van der Waals surface area contributed by atoms with Crippen molar-refractivity contribution in [1.82, 2.24) is 10.2 Å². The minimum absolute atomic E-state index is 0.0537. The number of likely N-dealkylation sites (N-methyl/N-ethyl adjacent to an activating group) is 1. The largest absolute Gasteiger partial charge is 0.352 e. The predicted octanol–water partition coefficient (Wildman–Crippen LogP) is -1.51. The van der Waals surface area contributed by atoms with Gasteiger partial charge in [-0.1, -0.05) is 0 Å². The van der Waals surface area contributed by atoms with Gasteiger partial charge in [-0.2, -0.15) is 0 Å². The standard InChI is InChI=1S/C11H21N3O4S/c1-14(7-10(15)13-8-3-4-8)11(16)9(12)5-6-19(2,17)18/h8-9H,3-7,12H2,1-2H3,(H,13,15). The number of nitrogens with one attached hydrogen (secondary N) is 1. The Morgan fingerprint density at radius 2 is 2.00 bits per heavy atom. The number of carbonyl (C=O) groups is 2. The van der Waals surface area contributed by atoms with E-state index in [2.05, 4.69) is 5.32 Å². The van der Waals surface area contributed by atoms with Crippen molar-refractivity contribution >= 4 is 21.7 Å². The molecule has 1 fully saturated rings. The van der Waals surface area contributed by atoms with Crippen LogP contribution >= 0.6 is 0 Å². The van der Waals surface area contributed by atoms with Crippen LogP contribution in [0.5, 0.6) is 0 Å². The third-order valence-electron chi connectivity index (χ3n) is 2.82. The monoisotopic (exact) mass is 291 g/mol. The summed E-state index contributed by atoms with van der Waals surface area (Å²) in [4.78, 5) is 24.6. The second-order valence-electron chi connectivity index (χ2n) is 5.06. The van der Waals surface area contributed by atoms with Gasteiger partial charge < -0.3 is 16.0 Å². The smallest absolute Gasteiger partial charge is 0.239 e. The van der Waals surface area contributed by atoms with Crippen molar-refractivity contribution in [3.8, 4) is 0 Å². The molecule has 1 saturated carbocycles. The van der Waals surface area contributed by atoms with Crippen LogP contribution in [-0.2, 0) is 19.4 Å². The van der Waals surface area contributed by atoms with Gasteiger partial charge in [0.05, 0.1) is 18.3 Å². The zero-order valence-corrected chi connectivity index (χ0v) is 12.1. The van der Waals surface area contributed by atoms with Gasteiger partial charge in [0, 0.05) is 19.3 Å². The van der Waals surface area contributed by atoms with E-state index in [1.807, 2.05) is 0 Å². The average molecular weight is 291 g/mol. The zero-order chi connectivity index (χ0) is 14.6. The first-order valence-electron chi connectivity index (χ1n) is 6.16. The first-order chi connectivity index (χ1) is 8.69. The highest BCUT2D eigenvalue weighted by atomic mass is 32.2. The lowest BCUT2D eigenvalue weighted by Gasteiger charge is -2.20. The number of hydrogen-bond acceptors (Lipinski definition) is 5. The van der Waals surface area contributed by atoms with Crippen LogP contribution in [0.1, 0.15) is 19.3 Å². The van der Waals surface area contributed by atoms with Gasteiger partial charge in [0.2, 0.25) is 11.8 Å². The lowest BCUT2D eigenvalue weighted by Crippen LogP contribution is -2.46. The van der Waals surface area contributed by atoms with Gasteiger partial charge in [-0.3, -0.25) is 9.59 Å². The van der Waals surface area contributed by atoms with E-state index in [0.717, 1.165) is 19.1 Å². The normalized spacial score (nSPS) is 16.8. The summed E-state index contributed by atoms with van der Waals surface area (Å²) in [5, 5.41) is 2.77. The van der Waals surface area contributed by atoms with Gasteiger partial charge in [-0.15, -0.1) is 0 Å². The Kier molecular flexibility index (Phi) is 5.30. The molecule has 0 bridgehead atoms. The summed E-state index contributed by atoms with van der Waals surface area (Å²) >= 11 is 0. The lowest BCUT2D eigenvalue weighted by molar-refractivity contribution is -0.135. The average Bonchev–Trinajstić information content (AvgIpc) is 3.07. The summed E-state index contributed by atoms with van der Waals surface area (Å²) in [6.45, 7) is -0.0537. The molecule has 0 aromatic heterocycles. The number of nitrogens with zero attached hydrogens (tertiary/aromatic N) is 1. The first kappa shape index (κ1) is 15.9. The van der Waals surface area contributed by atoms with Crippen LogP contribution in [0.2, 0.25) is 0 Å². The molecule has 19 heavy (non-hydrogen) atoms. The van der Waals surface area contributed by atoms with Crippen molar-refractivity contribution in [3.05, 3.63) is 0 Å². The van der Waals surface area contributed by atoms with Gasteiger partial charge in [0.1, 0.15) is 9.84 Å². The molecule has 1 unspecified atom stereocenters. The van der Waals surface area contributed by atoms with Crippen LogP contribution in [0.15, 0.2) is 0 Å². The molecule has 1 aliphatic carbocycles. The van der Waals surface area contributed by atoms with Gasteiger partial charge in [0.25, 0.3) is 0 Å². The van der Waals surface area contributed by atoms with Crippen LogP contribution in [0.3, 0.4) is 0 Å². The number of sulfone groups is 1. The number of hydrogen-bond donors (Lipinski definition) is 2. The second-order valence-corrected chi connectivity index (χ2v) is 7.32. The molecule has 0 aromatic rings. The number of amides is 2. The molecule has 0 aromatic carbocycles. The first-order valence-corrected chi connectivity index (χ1v) is 8.23. The van der Waals surface area contributed by atoms with Crippen LogP contribution in [0, 0.1) is 0 Å². The minimum Gasteiger partial charge on any atom is -0.352 e. The Morgan fingerprint density at radius 1 is 1.42 bits per heavy atom.